The van der Waals surface area contributed by atoms with Crippen molar-refractivity contribution in [3.63, 3.8) is 0 Å². The van der Waals surface area contributed by atoms with Crippen LogP contribution in [0.2, 0.25) is 0 Å². The fraction of sp³-hybridized carbons (Fsp3) is 0.923. The highest BCUT2D eigenvalue weighted by Gasteiger charge is 2.33. The minimum atomic E-state index is 0.0700. The van der Waals surface area contributed by atoms with Crippen molar-refractivity contribution in [3.8, 4) is 0 Å². The fourth-order valence-corrected chi connectivity index (χ4v) is 2.73. The third-order valence-corrected chi connectivity index (χ3v) is 4.09. The molecular formula is C13H24N2O. The van der Waals surface area contributed by atoms with Crippen LogP contribution in [-0.4, -0.2) is 24.5 Å². The van der Waals surface area contributed by atoms with Crippen LogP contribution in [-0.2, 0) is 4.79 Å². The van der Waals surface area contributed by atoms with Gasteiger partial charge in [-0.15, -0.1) is 0 Å². The van der Waals surface area contributed by atoms with E-state index in [1.165, 1.54) is 12.8 Å². The molecule has 1 unspecified atom stereocenters. The Bertz CT molecular complexity index is 246. The quantitative estimate of drug-likeness (QED) is 0.766. The molecule has 0 aromatic carbocycles. The first-order valence-corrected chi connectivity index (χ1v) is 6.70. The van der Waals surface area contributed by atoms with Gasteiger partial charge >= 0.3 is 0 Å². The maximum absolute atomic E-state index is 11.7. The molecule has 3 heteroatoms. The van der Waals surface area contributed by atoms with Crippen molar-refractivity contribution in [1.29, 1.82) is 0 Å². The standard InChI is InChI=1S/C13H24N2O/c1-9(2)10-7-11(8-10)15-12-5-3-4-6-14-13(12)16/h9-12,15H,3-8H2,1-2H3,(H,14,16). The van der Waals surface area contributed by atoms with Crippen LogP contribution in [0.4, 0.5) is 0 Å². The summed E-state index contributed by atoms with van der Waals surface area (Å²) in [5.74, 6) is 1.87. The molecule has 2 fully saturated rings. The van der Waals surface area contributed by atoms with Crippen LogP contribution in [0.3, 0.4) is 0 Å². The van der Waals surface area contributed by atoms with Crippen molar-refractivity contribution in [2.45, 2.75) is 58.0 Å². The molecule has 1 saturated carbocycles. The highest BCUT2D eigenvalue weighted by molar-refractivity contribution is 5.81. The topological polar surface area (TPSA) is 41.1 Å². The van der Waals surface area contributed by atoms with Crippen molar-refractivity contribution in [3.05, 3.63) is 0 Å². The predicted molar refractivity (Wildman–Crippen MR) is 65.1 cm³/mol. The average molecular weight is 224 g/mol. The van der Waals surface area contributed by atoms with Crippen molar-refractivity contribution in [2.24, 2.45) is 11.8 Å². The third-order valence-electron chi connectivity index (χ3n) is 4.09. The Morgan fingerprint density at radius 1 is 1.31 bits per heavy atom. The van der Waals surface area contributed by atoms with E-state index < -0.39 is 0 Å². The molecule has 3 nitrogen and oxygen atoms in total. The van der Waals surface area contributed by atoms with Gasteiger partial charge in [-0.3, -0.25) is 4.79 Å². The van der Waals surface area contributed by atoms with E-state index in [1.54, 1.807) is 0 Å². The summed E-state index contributed by atoms with van der Waals surface area (Å²) in [5, 5.41) is 6.50. The molecule has 1 amide bonds. The van der Waals surface area contributed by atoms with Gasteiger partial charge < -0.3 is 10.6 Å². The second-order valence-electron chi connectivity index (χ2n) is 5.68. The van der Waals surface area contributed by atoms with Crippen LogP contribution in [0.1, 0.15) is 46.0 Å². The van der Waals surface area contributed by atoms with Gasteiger partial charge in [0, 0.05) is 12.6 Å². The largest absolute Gasteiger partial charge is 0.355 e. The molecule has 1 aliphatic heterocycles. The normalized spacial score (nSPS) is 35.4. The molecule has 16 heavy (non-hydrogen) atoms. The molecule has 1 atom stereocenters. The fourth-order valence-electron chi connectivity index (χ4n) is 2.73. The van der Waals surface area contributed by atoms with Crippen LogP contribution >= 0.6 is 0 Å². The summed E-state index contributed by atoms with van der Waals surface area (Å²) >= 11 is 0. The summed E-state index contributed by atoms with van der Waals surface area (Å²) in [6, 6.07) is 0.655. The van der Waals surface area contributed by atoms with Crippen LogP contribution in [0.25, 0.3) is 0 Å². The molecule has 0 bridgehead atoms. The van der Waals surface area contributed by atoms with Crippen molar-refractivity contribution in [2.75, 3.05) is 6.54 Å². The SMILES string of the molecule is CC(C)C1CC(NC2CCCCNC2=O)C1. The van der Waals surface area contributed by atoms with Gasteiger partial charge in [0.15, 0.2) is 0 Å². The van der Waals surface area contributed by atoms with E-state index in [0.29, 0.717) is 6.04 Å². The van der Waals surface area contributed by atoms with Crippen LogP contribution < -0.4 is 10.6 Å². The van der Waals surface area contributed by atoms with E-state index in [0.717, 1.165) is 37.6 Å². The number of carbonyl (C=O) groups is 1. The zero-order valence-corrected chi connectivity index (χ0v) is 10.5. The highest BCUT2D eigenvalue weighted by atomic mass is 16.2. The molecule has 92 valence electrons. The number of nitrogens with one attached hydrogen (secondary N) is 2. The maximum Gasteiger partial charge on any atom is 0.237 e. The van der Waals surface area contributed by atoms with Crippen LogP contribution in [0.5, 0.6) is 0 Å². The number of hydrogen-bond donors (Lipinski definition) is 2. The minimum Gasteiger partial charge on any atom is -0.355 e. The average Bonchev–Trinajstić information content (AvgIpc) is 2.36. The summed E-state index contributed by atoms with van der Waals surface area (Å²) in [6.07, 6.45) is 5.80. The van der Waals surface area contributed by atoms with Crippen molar-refractivity contribution < 1.29 is 4.79 Å². The Kier molecular flexibility index (Phi) is 3.85. The van der Waals surface area contributed by atoms with Gasteiger partial charge in [-0.25, -0.2) is 0 Å². The molecule has 0 spiro atoms. The lowest BCUT2D eigenvalue weighted by Gasteiger charge is -2.40. The minimum absolute atomic E-state index is 0.0700. The molecule has 2 aliphatic rings. The van der Waals surface area contributed by atoms with Gasteiger partial charge in [0.2, 0.25) is 5.91 Å². The summed E-state index contributed by atoms with van der Waals surface area (Å²) < 4.78 is 0. The number of amides is 1. The zero-order valence-electron chi connectivity index (χ0n) is 10.5. The lowest BCUT2D eigenvalue weighted by atomic mass is 9.73. The summed E-state index contributed by atoms with van der Waals surface area (Å²) in [6.45, 7) is 5.44. The van der Waals surface area contributed by atoms with Gasteiger partial charge in [-0.05, 0) is 43.9 Å². The second kappa shape index (κ2) is 5.17. The summed E-state index contributed by atoms with van der Waals surface area (Å²) in [5.41, 5.74) is 0. The predicted octanol–water partition coefficient (Wildman–Crippen LogP) is 1.68. The van der Waals surface area contributed by atoms with Crippen molar-refractivity contribution in [1.82, 2.24) is 10.6 Å². The van der Waals surface area contributed by atoms with E-state index in [9.17, 15) is 4.79 Å². The van der Waals surface area contributed by atoms with Gasteiger partial charge in [-0.2, -0.15) is 0 Å². The molecule has 0 aromatic heterocycles. The van der Waals surface area contributed by atoms with Gasteiger partial charge in [0.1, 0.15) is 0 Å². The summed E-state index contributed by atoms with van der Waals surface area (Å²) in [7, 11) is 0. The van der Waals surface area contributed by atoms with E-state index in [4.69, 9.17) is 0 Å². The van der Waals surface area contributed by atoms with Crippen molar-refractivity contribution >= 4 is 5.91 Å². The molecule has 0 radical (unpaired) electrons. The van der Waals surface area contributed by atoms with E-state index in [2.05, 4.69) is 24.5 Å². The number of carbonyl (C=O) groups excluding carboxylic acids is 1. The molecule has 1 aliphatic carbocycles. The molecule has 2 N–H and O–H groups in total. The van der Waals surface area contributed by atoms with Crippen LogP contribution in [0, 0.1) is 11.8 Å². The lowest BCUT2D eigenvalue weighted by molar-refractivity contribution is -0.123. The third kappa shape index (κ3) is 2.76. The van der Waals surface area contributed by atoms with E-state index >= 15 is 0 Å². The first-order valence-electron chi connectivity index (χ1n) is 6.70. The Hall–Kier alpha value is -0.570. The zero-order chi connectivity index (χ0) is 11.5. The molecular weight excluding hydrogens is 200 g/mol. The molecule has 1 heterocycles. The Morgan fingerprint density at radius 3 is 2.75 bits per heavy atom. The Labute approximate surface area is 98.4 Å². The summed E-state index contributed by atoms with van der Waals surface area (Å²) in [4.78, 5) is 11.7. The first-order chi connectivity index (χ1) is 7.66. The molecule has 0 aromatic rings. The number of rotatable bonds is 3. The first kappa shape index (κ1) is 11.9. The maximum atomic E-state index is 11.7. The lowest BCUT2D eigenvalue weighted by Crippen LogP contribution is -2.52. The highest BCUT2D eigenvalue weighted by Crippen LogP contribution is 2.34. The van der Waals surface area contributed by atoms with Gasteiger partial charge in [0.25, 0.3) is 0 Å². The Morgan fingerprint density at radius 2 is 2.06 bits per heavy atom. The van der Waals surface area contributed by atoms with E-state index in [1.807, 2.05) is 0 Å². The monoisotopic (exact) mass is 224 g/mol. The van der Waals surface area contributed by atoms with Crippen LogP contribution in [0.15, 0.2) is 0 Å². The molecule has 2 rings (SSSR count). The molecule has 1 saturated heterocycles. The van der Waals surface area contributed by atoms with Gasteiger partial charge in [-0.1, -0.05) is 13.8 Å². The van der Waals surface area contributed by atoms with Gasteiger partial charge in [0.05, 0.1) is 6.04 Å². The number of hydrogen-bond acceptors (Lipinski definition) is 2. The van der Waals surface area contributed by atoms with E-state index in [-0.39, 0.29) is 11.9 Å². The smallest absolute Gasteiger partial charge is 0.237 e. The Balaban J connectivity index is 1.75. The second-order valence-corrected chi connectivity index (χ2v) is 5.68.